The van der Waals surface area contributed by atoms with Crippen molar-refractivity contribution in [2.24, 2.45) is 0 Å². The van der Waals surface area contributed by atoms with Crippen LogP contribution in [0, 0.1) is 17.7 Å². The van der Waals surface area contributed by atoms with Gasteiger partial charge in [-0.2, -0.15) is 0 Å². The van der Waals surface area contributed by atoms with Gasteiger partial charge in [-0.15, -0.1) is 0 Å². The van der Waals surface area contributed by atoms with Gasteiger partial charge in [0.25, 0.3) is 0 Å². The highest BCUT2D eigenvalue weighted by atomic mass is 79.9. The molecule has 1 nitrogen and oxygen atoms in total. The van der Waals surface area contributed by atoms with E-state index in [9.17, 15) is 9.18 Å². The van der Waals surface area contributed by atoms with E-state index in [1.807, 2.05) is 0 Å². The average molecular weight is 320 g/mol. The molecule has 0 saturated heterocycles. The minimum absolute atomic E-state index is 0.177. The topological polar surface area (TPSA) is 17.1 Å². The third-order valence-corrected chi connectivity index (χ3v) is 2.66. The van der Waals surface area contributed by atoms with Crippen molar-refractivity contribution in [1.29, 1.82) is 0 Å². The summed E-state index contributed by atoms with van der Waals surface area (Å²) in [5.74, 6) is 5.08. The van der Waals surface area contributed by atoms with Crippen molar-refractivity contribution in [2.75, 3.05) is 0 Å². The molecule has 0 fully saturated rings. The lowest BCUT2D eigenvalue weighted by Gasteiger charge is -1.99. The summed E-state index contributed by atoms with van der Waals surface area (Å²) in [5.41, 5.74) is 0.647. The van der Waals surface area contributed by atoms with Crippen LogP contribution >= 0.6 is 31.9 Å². The summed E-state index contributed by atoms with van der Waals surface area (Å²) in [6.07, 6.45) is 0.897. The highest BCUT2D eigenvalue weighted by Gasteiger charge is 2.04. The normalized spacial score (nSPS) is 9.07. The highest BCUT2D eigenvalue weighted by molar-refractivity contribution is 9.11. The van der Waals surface area contributed by atoms with Crippen molar-refractivity contribution in [3.05, 3.63) is 32.5 Å². The van der Waals surface area contributed by atoms with Crippen molar-refractivity contribution in [3.8, 4) is 11.8 Å². The summed E-state index contributed by atoms with van der Waals surface area (Å²) in [5, 5.41) is 0. The van der Waals surface area contributed by atoms with Gasteiger partial charge in [-0.25, -0.2) is 4.39 Å². The molecular formula is C10H5Br2FO. The number of carbonyl (C=O) groups is 1. The lowest BCUT2D eigenvalue weighted by Crippen LogP contribution is -1.84. The van der Waals surface area contributed by atoms with Gasteiger partial charge in [0, 0.05) is 8.95 Å². The predicted molar refractivity (Wildman–Crippen MR) is 59.4 cm³/mol. The number of hydrogen-bond acceptors (Lipinski definition) is 1. The van der Waals surface area contributed by atoms with Crippen LogP contribution in [-0.4, -0.2) is 6.29 Å². The first-order chi connectivity index (χ1) is 6.65. The molecule has 0 bridgehead atoms. The first-order valence-corrected chi connectivity index (χ1v) is 5.31. The number of benzene rings is 1. The van der Waals surface area contributed by atoms with Crippen LogP contribution in [0.3, 0.4) is 0 Å². The van der Waals surface area contributed by atoms with Gasteiger partial charge >= 0.3 is 0 Å². The fourth-order valence-electron chi connectivity index (χ4n) is 0.843. The Morgan fingerprint density at radius 3 is 2.43 bits per heavy atom. The van der Waals surface area contributed by atoms with E-state index in [1.165, 1.54) is 12.1 Å². The van der Waals surface area contributed by atoms with E-state index in [-0.39, 0.29) is 12.2 Å². The Morgan fingerprint density at radius 2 is 1.93 bits per heavy atom. The highest BCUT2D eigenvalue weighted by Crippen LogP contribution is 2.25. The van der Waals surface area contributed by atoms with Crippen LogP contribution in [-0.2, 0) is 4.79 Å². The van der Waals surface area contributed by atoms with Gasteiger partial charge < -0.3 is 4.79 Å². The molecule has 0 heterocycles. The zero-order valence-corrected chi connectivity index (χ0v) is 10.2. The second-order valence-corrected chi connectivity index (χ2v) is 4.13. The van der Waals surface area contributed by atoms with Gasteiger partial charge in [-0.3, -0.25) is 0 Å². The van der Waals surface area contributed by atoms with Crippen molar-refractivity contribution < 1.29 is 9.18 Å². The molecule has 0 amide bonds. The molecule has 1 aromatic carbocycles. The molecule has 0 spiro atoms. The molecule has 0 unspecified atom stereocenters. The average Bonchev–Trinajstić information content (AvgIpc) is 2.09. The molecule has 0 saturated carbocycles. The summed E-state index contributed by atoms with van der Waals surface area (Å²) in [6.45, 7) is 0. The largest absolute Gasteiger partial charge is 0.302 e. The Labute approximate surface area is 98.0 Å². The summed E-state index contributed by atoms with van der Waals surface area (Å²) < 4.78 is 14.0. The van der Waals surface area contributed by atoms with E-state index >= 15 is 0 Å². The number of hydrogen-bond donors (Lipinski definition) is 0. The van der Waals surface area contributed by atoms with E-state index < -0.39 is 0 Å². The van der Waals surface area contributed by atoms with E-state index in [2.05, 4.69) is 43.7 Å². The third kappa shape index (κ3) is 2.93. The van der Waals surface area contributed by atoms with Crippen molar-refractivity contribution in [2.45, 2.75) is 6.42 Å². The van der Waals surface area contributed by atoms with Crippen molar-refractivity contribution >= 4 is 38.1 Å². The van der Waals surface area contributed by atoms with Crippen molar-refractivity contribution in [3.63, 3.8) is 0 Å². The molecule has 0 N–H and O–H groups in total. The van der Waals surface area contributed by atoms with E-state index in [4.69, 9.17) is 0 Å². The van der Waals surface area contributed by atoms with Gasteiger partial charge in [0.05, 0.1) is 12.0 Å². The molecule has 72 valence electrons. The van der Waals surface area contributed by atoms with Gasteiger partial charge in [-0.1, -0.05) is 11.8 Å². The maximum Gasteiger partial charge on any atom is 0.131 e. The minimum atomic E-state index is -0.343. The monoisotopic (exact) mass is 318 g/mol. The smallest absolute Gasteiger partial charge is 0.131 e. The van der Waals surface area contributed by atoms with E-state index in [0.29, 0.717) is 14.5 Å². The molecule has 0 radical (unpaired) electrons. The molecule has 0 aliphatic carbocycles. The minimum Gasteiger partial charge on any atom is -0.302 e. The Kier molecular flexibility index (Phi) is 4.30. The lowest BCUT2D eigenvalue weighted by atomic mass is 10.2. The first kappa shape index (κ1) is 11.4. The Morgan fingerprint density at radius 1 is 1.36 bits per heavy atom. The molecule has 0 atom stereocenters. The van der Waals surface area contributed by atoms with Crippen LogP contribution < -0.4 is 0 Å². The van der Waals surface area contributed by atoms with Crippen LogP contribution in [0.2, 0.25) is 0 Å². The molecular weight excluding hydrogens is 315 g/mol. The van der Waals surface area contributed by atoms with Crippen LogP contribution in [0.4, 0.5) is 4.39 Å². The molecule has 0 aliphatic heterocycles. The van der Waals surface area contributed by atoms with Gasteiger partial charge in [-0.05, 0) is 44.0 Å². The Hall–Kier alpha value is -0.660. The quantitative estimate of drug-likeness (QED) is 0.573. The summed E-state index contributed by atoms with van der Waals surface area (Å²) in [4.78, 5) is 10.0. The lowest BCUT2D eigenvalue weighted by molar-refractivity contribution is -0.107. The zero-order valence-electron chi connectivity index (χ0n) is 6.98. The summed E-state index contributed by atoms with van der Waals surface area (Å²) >= 11 is 6.38. The predicted octanol–water partition coefficient (Wildman–Crippen LogP) is 3.29. The second-order valence-electron chi connectivity index (χ2n) is 2.42. The maximum atomic E-state index is 12.8. The molecule has 1 aromatic rings. The molecule has 0 aromatic heterocycles. The number of carbonyl (C=O) groups excluding carboxylic acids is 1. The van der Waals surface area contributed by atoms with Crippen LogP contribution in [0.5, 0.6) is 0 Å². The van der Waals surface area contributed by atoms with Crippen molar-refractivity contribution in [1.82, 2.24) is 0 Å². The van der Waals surface area contributed by atoms with E-state index in [1.54, 1.807) is 0 Å². The standard InChI is InChI=1S/C10H5Br2FO/c11-9-5-7(13)6-10(12)8(9)3-1-2-4-14/h4-6H,2H2. The second kappa shape index (κ2) is 5.28. The SMILES string of the molecule is O=CCC#Cc1c(Br)cc(F)cc1Br. The van der Waals surface area contributed by atoms with E-state index in [0.717, 1.165) is 6.29 Å². The van der Waals surface area contributed by atoms with Gasteiger partial charge in [0.1, 0.15) is 12.1 Å². The van der Waals surface area contributed by atoms with Gasteiger partial charge in [0.15, 0.2) is 0 Å². The number of halogens is 3. The molecule has 4 heteroatoms. The fraction of sp³-hybridized carbons (Fsp3) is 0.100. The number of aldehydes is 1. The molecule has 0 aliphatic rings. The Balaban J connectivity index is 3.10. The molecule has 1 rings (SSSR count). The fourth-order valence-corrected chi connectivity index (χ4v) is 2.17. The van der Waals surface area contributed by atoms with Gasteiger partial charge in [0.2, 0.25) is 0 Å². The van der Waals surface area contributed by atoms with Crippen LogP contribution in [0.1, 0.15) is 12.0 Å². The summed E-state index contributed by atoms with van der Waals surface area (Å²) in [7, 11) is 0. The van der Waals surface area contributed by atoms with Crippen LogP contribution in [0.15, 0.2) is 21.1 Å². The van der Waals surface area contributed by atoms with Crippen LogP contribution in [0.25, 0.3) is 0 Å². The molecule has 14 heavy (non-hydrogen) atoms. The first-order valence-electron chi connectivity index (χ1n) is 3.72. The zero-order chi connectivity index (χ0) is 10.6. The Bertz CT molecular complexity index is 395. The maximum absolute atomic E-state index is 12.8. The summed E-state index contributed by atoms with van der Waals surface area (Å²) in [6, 6.07) is 2.66. The number of rotatable bonds is 1. The third-order valence-electron chi connectivity index (χ3n) is 1.41.